The molecule has 0 bridgehead atoms. The second-order valence-electron chi connectivity index (χ2n) is 4.51. The van der Waals surface area contributed by atoms with E-state index in [4.69, 9.17) is 4.74 Å². The van der Waals surface area contributed by atoms with Gasteiger partial charge in [-0.15, -0.1) is 0 Å². The number of aryl methyl sites for hydroxylation is 1. The summed E-state index contributed by atoms with van der Waals surface area (Å²) in [5.41, 5.74) is -3.94. The quantitative estimate of drug-likeness (QED) is 0.633. The highest BCUT2D eigenvalue weighted by Gasteiger charge is 2.48. The van der Waals surface area contributed by atoms with Crippen LogP contribution in [0.2, 0.25) is 0 Å². The van der Waals surface area contributed by atoms with E-state index >= 15 is 0 Å². The molecule has 0 spiro atoms. The number of methoxy groups -OCH3 is 1. The molecule has 0 radical (unpaired) electrons. The maximum Gasteiger partial charge on any atom is 0.534 e. The Morgan fingerprint density at radius 1 is 1.19 bits per heavy atom. The molecular weight excluding hydrogens is 309 g/mol. The highest BCUT2D eigenvalue weighted by molar-refractivity contribution is 7.87. The Labute approximate surface area is 120 Å². The van der Waals surface area contributed by atoms with Gasteiger partial charge in [-0.05, 0) is 42.2 Å². The molecule has 1 aromatic rings. The third-order valence-electron chi connectivity index (χ3n) is 3.04. The Morgan fingerprint density at radius 3 is 2.52 bits per heavy atom. The van der Waals surface area contributed by atoms with Crippen molar-refractivity contribution in [2.45, 2.75) is 24.8 Å². The molecular formula is C13H13F3O4S. The van der Waals surface area contributed by atoms with Crippen molar-refractivity contribution in [3.63, 3.8) is 0 Å². The molecule has 116 valence electrons. The normalized spacial score (nSPS) is 15.7. The van der Waals surface area contributed by atoms with E-state index < -0.39 is 15.6 Å². The summed E-state index contributed by atoms with van der Waals surface area (Å²) in [6, 6.07) is 5.17. The van der Waals surface area contributed by atoms with Crippen molar-refractivity contribution >= 4 is 16.2 Å². The van der Waals surface area contributed by atoms with Crippen LogP contribution in [0.5, 0.6) is 5.75 Å². The smallest absolute Gasteiger partial charge is 0.497 e. The first kappa shape index (κ1) is 15.7. The highest BCUT2D eigenvalue weighted by atomic mass is 32.2. The third kappa shape index (κ3) is 3.49. The van der Waals surface area contributed by atoms with E-state index in [1.807, 2.05) is 0 Å². The second kappa shape index (κ2) is 5.59. The van der Waals surface area contributed by atoms with Crippen LogP contribution in [-0.2, 0) is 20.7 Å². The van der Waals surface area contributed by atoms with E-state index in [0.29, 0.717) is 24.2 Å². The van der Waals surface area contributed by atoms with Crippen molar-refractivity contribution in [2.24, 2.45) is 0 Å². The number of benzene rings is 1. The number of hydrogen-bond donors (Lipinski definition) is 0. The second-order valence-corrected chi connectivity index (χ2v) is 6.05. The molecule has 21 heavy (non-hydrogen) atoms. The van der Waals surface area contributed by atoms with Crippen LogP contribution >= 0.6 is 0 Å². The topological polar surface area (TPSA) is 52.6 Å². The zero-order chi connectivity index (χ0) is 15.7. The SMILES string of the molecule is COc1ccc2c(c1)C=C(OS(=O)(=O)C(F)(F)F)CCC2. The fourth-order valence-corrected chi connectivity index (χ4v) is 2.52. The molecule has 1 aliphatic carbocycles. The monoisotopic (exact) mass is 322 g/mol. The van der Waals surface area contributed by atoms with Crippen LogP contribution < -0.4 is 4.74 Å². The average molecular weight is 322 g/mol. The van der Waals surface area contributed by atoms with Gasteiger partial charge < -0.3 is 8.92 Å². The van der Waals surface area contributed by atoms with Crippen molar-refractivity contribution in [3.8, 4) is 5.75 Å². The van der Waals surface area contributed by atoms with Gasteiger partial charge in [0.1, 0.15) is 11.5 Å². The summed E-state index contributed by atoms with van der Waals surface area (Å²) >= 11 is 0. The summed E-state index contributed by atoms with van der Waals surface area (Å²) in [7, 11) is -4.17. The predicted molar refractivity (Wildman–Crippen MR) is 70.0 cm³/mol. The van der Waals surface area contributed by atoms with Gasteiger partial charge in [0, 0.05) is 6.42 Å². The number of halogens is 3. The van der Waals surface area contributed by atoms with Crippen LogP contribution in [0, 0.1) is 0 Å². The molecule has 8 heteroatoms. The molecule has 0 saturated carbocycles. The van der Waals surface area contributed by atoms with Gasteiger partial charge in [0.25, 0.3) is 0 Å². The molecule has 0 atom stereocenters. The maximum atomic E-state index is 12.3. The third-order valence-corrected chi connectivity index (χ3v) is 4.04. The molecule has 0 aliphatic heterocycles. The summed E-state index contributed by atoms with van der Waals surface area (Å²) in [5, 5.41) is 0. The molecule has 0 aromatic heterocycles. The van der Waals surface area contributed by atoms with Crippen molar-refractivity contribution < 1.29 is 30.5 Å². The van der Waals surface area contributed by atoms with E-state index in [1.165, 1.54) is 13.2 Å². The van der Waals surface area contributed by atoms with Gasteiger partial charge >= 0.3 is 15.6 Å². The summed E-state index contributed by atoms with van der Waals surface area (Å²) in [4.78, 5) is 0. The lowest BCUT2D eigenvalue weighted by Crippen LogP contribution is -2.25. The predicted octanol–water partition coefficient (Wildman–Crippen LogP) is 3.24. The molecule has 4 nitrogen and oxygen atoms in total. The maximum absolute atomic E-state index is 12.3. The van der Waals surface area contributed by atoms with E-state index in [9.17, 15) is 21.6 Å². The van der Waals surface area contributed by atoms with Crippen LogP contribution in [0.1, 0.15) is 24.0 Å². The summed E-state index contributed by atoms with van der Waals surface area (Å²) in [6.07, 6.45) is 2.55. The van der Waals surface area contributed by atoms with Gasteiger partial charge in [-0.3, -0.25) is 0 Å². The van der Waals surface area contributed by atoms with Crippen molar-refractivity contribution in [1.29, 1.82) is 0 Å². The number of rotatable bonds is 3. The molecule has 0 saturated heterocycles. The standard InChI is InChI=1S/C13H13F3O4S/c1-19-11-6-5-9-3-2-4-12(8-10(9)7-11)20-21(17,18)13(14,15)16/h5-8H,2-4H2,1H3. The lowest BCUT2D eigenvalue weighted by molar-refractivity contribution is -0.0522. The molecule has 1 aliphatic rings. The lowest BCUT2D eigenvalue weighted by atomic mass is 10.0. The van der Waals surface area contributed by atoms with Crippen molar-refractivity contribution in [3.05, 3.63) is 35.1 Å². The number of allylic oxidation sites excluding steroid dienone is 1. The zero-order valence-corrected chi connectivity index (χ0v) is 11.9. The average Bonchev–Trinajstić information content (AvgIpc) is 2.57. The molecule has 2 rings (SSSR count). The van der Waals surface area contributed by atoms with Gasteiger partial charge in [0.15, 0.2) is 0 Å². The van der Waals surface area contributed by atoms with Gasteiger partial charge in [-0.2, -0.15) is 21.6 Å². The minimum atomic E-state index is -5.63. The van der Waals surface area contributed by atoms with E-state index in [1.54, 1.807) is 18.2 Å². The van der Waals surface area contributed by atoms with Crippen molar-refractivity contribution in [1.82, 2.24) is 0 Å². The minimum Gasteiger partial charge on any atom is -0.497 e. The van der Waals surface area contributed by atoms with Crippen molar-refractivity contribution in [2.75, 3.05) is 7.11 Å². The fraction of sp³-hybridized carbons (Fsp3) is 0.385. The Kier molecular flexibility index (Phi) is 4.18. The first-order chi connectivity index (χ1) is 9.73. The lowest BCUT2D eigenvalue weighted by Gasteiger charge is -2.11. The van der Waals surface area contributed by atoms with Gasteiger partial charge in [-0.1, -0.05) is 6.07 Å². The summed E-state index contributed by atoms with van der Waals surface area (Å²) in [5.74, 6) is 0.309. The van der Waals surface area contributed by atoms with Crippen LogP contribution in [0.3, 0.4) is 0 Å². The van der Waals surface area contributed by atoms with Crippen LogP contribution in [0.4, 0.5) is 13.2 Å². The molecule has 0 unspecified atom stereocenters. The Morgan fingerprint density at radius 2 is 1.90 bits per heavy atom. The molecule has 0 amide bonds. The summed E-state index contributed by atoms with van der Waals surface area (Å²) < 4.78 is 68.4. The van der Waals surface area contributed by atoms with Gasteiger partial charge in [0.05, 0.1) is 7.11 Å². The zero-order valence-electron chi connectivity index (χ0n) is 11.1. The van der Waals surface area contributed by atoms with E-state index in [-0.39, 0.29) is 12.2 Å². The highest BCUT2D eigenvalue weighted by Crippen LogP contribution is 2.31. The number of fused-ring (bicyclic) bond motifs is 1. The fourth-order valence-electron chi connectivity index (χ4n) is 2.01. The number of hydrogen-bond acceptors (Lipinski definition) is 4. The molecule has 0 N–H and O–H groups in total. The van der Waals surface area contributed by atoms with E-state index in [0.717, 1.165) is 5.56 Å². The first-order valence-electron chi connectivity index (χ1n) is 6.11. The van der Waals surface area contributed by atoms with Gasteiger partial charge in [0.2, 0.25) is 0 Å². The first-order valence-corrected chi connectivity index (χ1v) is 7.52. The Bertz CT molecular complexity index is 662. The Balaban J connectivity index is 2.35. The molecule has 1 aromatic carbocycles. The molecule has 0 fully saturated rings. The van der Waals surface area contributed by atoms with Crippen LogP contribution in [0.15, 0.2) is 24.0 Å². The number of alkyl halides is 3. The van der Waals surface area contributed by atoms with Crippen LogP contribution in [0.25, 0.3) is 6.08 Å². The largest absolute Gasteiger partial charge is 0.534 e. The summed E-state index contributed by atoms with van der Waals surface area (Å²) in [6.45, 7) is 0. The number of ether oxygens (including phenoxy) is 1. The van der Waals surface area contributed by atoms with E-state index in [2.05, 4.69) is 4.18 Å². The van der Waals surface area contributed by atoms with Crippen LogP contribution in [-0.4, -0.2) is 21.0 Å². The Hall–Kier alpha value is -1.70. The van der Waals surface area contributed by atoms with Gasteiger partial charge in [-0.25, -0.2) is 0 Å². The molecule has 0 heterocycles. The minimum absolute atomic E-state index is 0.117.